The van der Waals surface area contributed by atoms with Gasteiger partial charge >= 0.3 is 0 Å². The smallest absolute Gasteiger partial charge is 0.146 e. The van der Waals surface area contributed by atoms with E-state index in [1.807, 2.05) is 0 Å². The summed E-state index contributed by atoms with van der Waals surface area (Å²) in [7, 11) is 0. The van der Waals surface area contributed by atoms with Crippen molar-refractivity contribution < 1.29 is 9.47 Å². The van der Waals surface area contributed by atoms with Crippen molar-refractivity contribution in [3.63, 3.8) is 0 Å². The Hall–Kier alpha value is -0.0800. The van der Waals surface area contributed by atoms with Gasteiger partial charge in [-0.1, -0.05) is 206 Å². The van der Waals surface area contributed by atoms with Gasteiger partial charge in [0.2, 0.25) is 0 Å². The van der Waals surface area contributed by atoms with Gasteiger partial charge in [-0.3, -0.25) is 0 Å². The van der Waals surface area contributed by atoms with E-state index in [-0.39, 0.29) is 0 Å². The van der Waals surface area contributed by atoms with Gasteiger partial charge in [0.1, 0.15) is 6.79 Å². The van der Waals surface area contributed by atoms with Gasteiger partial charge in [0.05, 0.1) is 0 Å². The summed E-state index contributed by atoms with van der Waals surface area (Å²) in [5.74, 6) is 0. The molecule has 2 nitrogen and oxygen atoms in total. The molecule has 0 heterocycles. The van der Waals surface area contributed by atoms with E-state index in [0.29, 0.717) is 6.79 Å². The number of hydrogen-bond acceptors (Lipinski definition) is 2. The van der Waals surface area contributed by atoms with Crippen molar-refractivity contribution in [1.82, 2.24) is 0 Å². The number of ether oxygens (including phenoxy) is 2. The van der Waals surface area contributed by atoms with Crippen LogP contribution in [0.2, 0.25) is 0 Å². The average molecular weight is 553 g/mol. The van der Waals surface area contributed by atoms with Crippen molar-refractivity contribution in [2.24, 2.45) is 0 Å². The predicted molar refractivity (Wildman–Crippen MR) is 176 cm³/mol. The van der Waals surface area contributed by atoms with E-state index >= 15 is 0 Å². The molecule has 0 aliphatic carbocycles. The fourth-order valence-corrected chi connectivity index (χ4v) is 5.68. The second-order valence-corrected chi connectivity index (χ2v) is 12.5. The Balaban J connectivity index is 3.01. The van der Waals surface area contributed by atoms with E-state index in [9.17, 15) is 0 Å². The second kappa shape index (κ2) is 37.9. The molecule has 39 heavy (non-hydrogen) atoms. The molecule has 2 heteroatoms. The highest BCUT2D eigenvalue weighted by atomic mass is 16.7. The molecule has 0 aromatic rings. The predicted octanol–water partition coefficient (Wildman–Crippen LogP) is 13.5. The van der Waals surface area contributed by atoms with Crippen molar-refractivity contribution >= 4 is 0 Å². The first-order valence-electron chi connectivity index (χ1n) is 18.6. The fraction of sp³-hybridized carbons (Fsp3) is 1.00. The van der Waals surface area contributed by atoms with Crippen LogP contribution in [-0.2, 0) is 9.47 Å². The Kier molecular flexibility index (Phi) is 37.8. The second-order valence-electron chi connectivity index (χ2n) is 12.5. The van der Waals surface area contributed by atoms with Gasteiger partial charge in [-0.05, 0) is 12.8 Å². The van der Waals surface area contributed by atoms with E-state index in [2.05, 4.69) is 13.8 Å². The standard InChI is InChI=1S/C37H76O2/c1-3-5-7-9-11-13-15-17-19-21-23-25-27-29-31-33-35-38-37-39-36-34-32-30-28-26-24-22-20-18-16-14-12-10-8-6-4-2/h3-37H2,1-2H3. The molecule has 0 aliphatic rings. The molecule has 0 bridgehead atoms. The summed E-state index contributed by atoms with van der Waals surface area (Å²) >= 11 is 0. The zero-order chi connectivity index (χ0) is 28.2. The van der Waals surface area contributed by atoms with Gasteiger partial charge in [0.15, 0.2) is 0 Å². The Bertz CT molecular complexity index is 361. The zero-order valence-electron chi connectivity index (χ0n) is 27.6. The molecule has 0 aromatic heterocycles. The molecule has 0 saturated carbocycles. The molecule has 0 saturated heterocycles. The maximum atomic E-state index is 5.66. The van der Waals surface area contributed by atoms with Crippen molar-refractivity contribution in [3.8, 4) is 0 Å². The molecule has 0 atom stereocenters. The third-order valence-corrected chi connectivity index (χ3v) is 8.45. The minimum atomic E-state index is 0.498. The van der Waals surface area contributed by atoms with Crippen LogP contribution in [0.3, 0.4) is 0 Å². The molecular weight excluding hydrogens is 476 g/mol. The number of rotatable bonds is 36. The first-order valence-corrected chi connectivity index (χ1v) is 18.6. The van der Waals surface area contributed by atoms with E-state index in [0.717, 1.165) is 13.2 Å². The van der Waals surface area contributed by atoms with Gasteiger partial charge in [0, 0.05) is 13.2 Å². The quantitative estimate of drug-likeness (QED) is 0.0568. The molecule has 0 spiro atoms. The van der Waals surface area contributed by atoms with Gasteiger partial charge in [-0.2, -0.15) is 0 Å². The van der Waals surface area contributed by atoms with Crippen LogP contribution >= 0.6 is 0 Å². The van der Waals surface area contributed by atoms with Gasteiger partial charge in [-0.25, -0.2) is 0 Å². The zero-order valence-corrected chi connectivity index (χ0v) is 27.6. The molecular formula is C37H76O2. The number of hydrogen-bond donors (Lipinski definition) is 0. The Morgan fingerprint density at radius 3 is 0.615 bits per heavy atom. The van der Waals surface area contributed by atoms with Crippen molar-refractivity contribution in [2.45, 2.75) is 219 Å². The molecule has 0 aliphatic heterocycles. The first-order chi connectivity index (χ1) is 19.4. The highest BCUT2D eigenvalue weighted by molar-refractivity contribution is 4.51. The van der Waals surface area contributed by atoms with Crippen molar-refractivity contribution in [3.05, 3.63) is 0 Å². The molecule has 0 fully saturated rings. The molecule has 0 amide bonds. The summed E-state index contributed by atoms with van der Waals surface area (Å²) in [5.41, 5.74) is 0. The topological polar surface area (TPSA) is 18.5 Å². The van der Waals surface area contributed by atoms with Crippen LogP contribution in [0.15, 0.2) is 0 Å². The van der Waals surface area contributed by atoms with E-state index in [4.69, 9.17) is 9.47 Å². The molecule has 0 rings (SSSR count). The average Bonchev–Trinajstić information content (AvgIpc) is 2.95. The van der Waals surface area contributed by atoms with Gasteiger partial charge in [0.25, 0.3) is 0 Å². The van der Waals surface area contributed by atoms with Gasteiger partial charge in [-0.15, -0.1) is 0 Å². The largest absolute Gasteiger partial charge is 0.355 e. The fourth-order valence-electron chi connectivity index (χ4n) is 5.68. The lowest BCUT2D eigenvalue weighted by Gasteiger charge is -2.06. The highest BCUT2D eigenvalue weighted by Gasteiger charge is 1.97. The molecule has 236 valence electrons. The summed E-state index contributed by atoms with van der Waals surface area (Å²) in [6.07, 6.45) is 45.3. The maximum absolute atomic E-state index is 5.66. The summed E-state index contributed by atoms with van der Waals surface area (Å²) in [6.45, 7) is 6.84. The van der Waals surface area contributed by atoms with Crippen LogP contribution in [0.5, 0.6) is 0 Å². The third-order valence-electron chi connectivity index (χ3n) is 8.45. The molecule has 0 radical (unpaired) electrons. The van der Waals surface area contributed by atoms with Crippen LogP contribution < -0.4 is 0 Å². The first kappa shape index (κ1) is 38.9. The monoisotopic (exact) mass is 553 g/mol. The van der Waals surface area contributed by atoms with Crippen LogP contribution in [0.1, 0.15) is 219 Å². The molecule has 0 unspecified atom stereocenters. The number of unbranched alkanes of at least 4 members (excludes halogenated alkanes) is 30. The molecule has 0 N–H and O–H groups in total. The summed E-state index contributed by atoms with van der Waals surface area (Å²) in [5, 5.41) is 0. The highest BCUT2D eigenvalue weighted by Crippen LogP contribution is 2.15. The Morgan fingerprint density at radius 2 is 0.410 bits per heavy atom. The Morgan fingerprint density at radius 1 is 0.231 bits per heavy atom. The lowest BCUT2D eigenvalue weighted by molar-refractivity contribution is -0.0556. The van der Waals surface area contributed by atoms with E-state index in [1.165, 1.54) is 205 Å². The van der Waals surface area contributed by atoms with Crippen molar-refractivity contribution in [2.75, 3.05) is 20.0 Å². The van der Waals surface area contributed by atoms with Crippen LogP contribution in [0.4, 0.5) is 0 Å². The minimum absolute atomic E-state index is 0.498. The van der Waals surface area contributed by atoms with E-state index in [1.54, 1.807) is 0 Å². The summed E-state index contributed by atoms with van der Waals surface area (Å²) in [6, 6.07) is 0. The van der Waals surface area contributed by atoms with E-state index < -0.39 is 0 Å². The Labute approximate surface area is 248 Å². The van der Waals surface area contributed by atoms with Crippen LogP contribution in [0, 0.1) is 0 Å². The molecule has 0 aromatic carbocycles. The maximum Gasteiger partial charge on any atom is 0.146 e. The van der Waals surface area contributed by atoms with Gasteiger partial charge < -0.3 is 9.47 Å². The summed E-state index contributed by atoms with van der Waals surface area (Å²) in [4.78, 5) is 0. The normalized spacial score (nSPS) is 11.5. The SMILES string of the molecule is CCCCCCCCCCCCCCCCCCOCOCCCCCCCCCCCCCCCCCC. The third kappa shape index (κ3) is 37.9. The van der Waals surface area contributed by atoms with Crippen LogP contribution in [-0.4, -0.2) is 20.0 Å². The summed E-state index contributed by atoms with van der Waals surface area (Å²) < 4.78 is 11.3. The lowest BCUT2D eigenvalue weighted by Crippen LogP contribution is -2.03. The van der Waals surface area contributed by atoms with Crippen LogP contribution in [0.25, 0.3) is 0 Å². The van der Waals surface area contributed by atoms with Crippen molar-refractivity contribution in [1.29, 1.82) is 0 Å². The lowest BCUT2D eigenvalue weighted by atomic mass is 10.0. The minimum Gasteiger partial charge on any atom is -0.355 e.